The van der Waals surface area contributed by atoms with Crippen molar-refractivity contribution in [2.24, 2.45) is 11.8 Å². The van der Waals surface area contributed by atoms with E-state index in [1.54, 1.807) is 0 Å². The van der Waals surface area contributed by atoms with Gasteiger partial charge in [0.1, 0.15) is 0 Å². The Bertz CT molecular complexity index is 358. The summed E-state index contributed by atoms with van der Waals surface area (Å²) in [4.78, 5) is 0. The summed E-state index contributed by atoms with van der Waals surface area (Å²) in [6.45, 7) is 4.53. The van der Waals surface area contributed by atoms with Crippen molar-refractivity contribution in [3.63, 3.8) is 0 Å². The second kappa shape index (κ2) is 5.33. The van der Waals surface area contributed by atoms with Gasteiger partial charge in [0.2, 0.25) is 0 Å². The Labute approximate surface area is 118 Å². The number of halogens is 1. The molecule has 100 valence electrons. The number of rotatable bonds is 2. The quantitative estimate of drug-likeness (QED) is 0.553. The van der Waals surface area contributed by atoms with Crippen LogP contribution >= 0.6 is 22.6 Å². The van der Waals surface area contributed by atoms with Crippen molar-refractivity contribution in [1.82, 2.24) is 0 Å². The molecule has 2 rings (SSSR count). The standard InChI is InChI=1S/C12H21IO3S/c1-8-3-9(2)5-10(4-8)16-12-7-17(14,15)6-11(12)13/h8-12H,3-7H2,1-2H3. The molecule has 1 aliphatic heterocycles. The molecule has 0 radical (unpaired) electrons. The minimum Gasteiger partial charge on any atom is -0.373 e. The molecule has 4 unspecified atom stereocenters. The zero-order valence-corrected chi connectivity index (χ0v) is 13.4. The summed E-state index contributed by atoms with van der Waals surface area (Å²) in [5.74, 6) is 1.92. The Hall–Kier alpha value is 0.640. The molecule has 2 fully saturated rings. The maximum atomic E-state index is 11.5. The predicted molar refractivity (Wildman–Crippen MR) is 77.3 cm³/mol. The number of sulfone groups is 1. The van der Waals surface area contributed by atoms with E-state index in [9.17, 15) is 8.42 Å². The lowest BCUT2D eigenvalue weighted by molar-refractivity contribution is -0.0341. The monoisotopic (exact) mass is 372 g/mol. The maximum Gasteiger partial charge on any atom is 0.154 e. The van der Waals surface area contributed by atoms with E-state index in [-0.39, 0.29) is 27.6 Å². The van der Waals surface area contributed by atoms with Gasteiger partial charge in [-0.25, -0.2) is 8.42 Å². The van der Waals surface area contributed by atoms with Crippen molar-refractivity contribution in [2.75, 3.05) is 11.5 Å². The van der Waals surface area contributed by atoms with Crippen LogP contribution in [0.3, 0.4) is 0 Å². The van der Waals surface area contributed by atoms with Gasteiger partial charge in [-0.15, -0.1) is 0 Å². The fourth-order valence-corrected chi connectivity index (χ4v) is 7.19. The van der Waals surface area contributed by atoms with Gasteiger partial charge >= 0.3 is 0 Å². The van der Waals surface area contributed by atoms with Crippen molar-refractivity contribution in [1.29, 1.82) is 0 Å². The first-order valence-corrected chi connectivity index (χ1v) is 9.42. The smallest absolute Gasteiger partial charge is 0.154 e. The van der Waals surface area contributed by atoms with Gasteiger partial charge in [0.25, 0.3) is 0 Å². The highest BCUT2D eigenvalue weighted by Gasteiger charge is 2.39. The van der Waals surface area contributed by atoms with Gasteiger partial charge in [-0.1, -0.05) is 36.4 Å². The van der Waals surface area contributed by atoms with Crippen LogP contribution in [0.4, 0.5) is 0 Å². The largest absolute Gasteiger partial charge is 0.373 e. The van der Waals surface area contributed by atoms with Crippen LogP contribution in [-0.4, -0.2) is 36.1 Å². The number of hydrogen-bond acceptors (Lipinski definition) is 3. The van der Waals surface area contributed by atoms with Crippen molar-refractivity contribution in [3.05, 3.63) is 0 Å². The molecule has 5 heteroatoms. The van der Waals surface area contributed by atoms with Gasteiger partial charge in [0.05, 0.1) is 27.6 Å². The van der Waals surface area contributed by atoms with E-state index in [0.29, 0.717) is 11.8 Å². The first-order chi connectivity index (χ1) is 7.85. The molecule has 3 nitrogen and oxygen atoms in total. The van der Waals surface area contributed by atoms with Crippen LogP contribution in [0, 0.1) is 11.8 Å². The van der Waals surface area contributed by atoms with Crippen LogP contribution in [0.15, 0.2) is 0 Å². The summed E-state index contributed by atoms with van der Waals surface area (Å²) in [5, 5.41) is 0. The number of ether oxygens (including phenoxy) is 1. The zero-order valence-electron chi connectivity index (χ0n) is 10.4. The Morgan fingerprint density at radius 1 is 1.06 bits per heavy atom. The zero-order chi connectivity index (χ0) is 12.6. The molecule has 1 aliphatic carbocycles. The van der Waals surface area contributed by atoms with Crippen LogP contribution in [-0.2, 0) is 14.6 Å². The molecule has 2 aliphatic rings. The van der Waals surface area contributed by atoms with Crippen LogP contribution in [0.2, 0.25) is 0 Å². The summed E-state index contributed by atoms with van der Waals surface area (Å²) in [6.07, 6.45) is 3.64. The molecule has 1 heterocycles. The van der Waals surface area contributed by atoms with Gasteiger partial charge in [-0.05, 0) is 31.1 Å². The molecule has 0 amide bonds. The lowest BCUT2D eigenvalue weighted by atomic mass is 9.82. The lowest BCUT2D eigenvalue weighted by Gasteiger charge is -2.33. The molecule has 1 saturated carbocycles. The first-order valence-electron chi connectivity index (χ1n) is 6.35. The Morgan fingerprint density at radius 2 is 1.65 bits per heavy atom. The average molecular weight is 372 g/mol. The van der Waals surface area contributed by atoms with Gasteiger partial charge in [-0.2, -0.15) is 0 Å². The van der Waals surface area contributed by atoms with E-state index in [1.807, 2.05) is 0 Å². The summed E-state index contributed by atoms with van der Waals surface area (Å²) in [7, 11) is -2.85. The predicted octanol–water partition coefficient (Wildman–Crippen LogP) is 2.43. The normalized spacial score (nSPS) is 45.9. The van der Waals surface area contributed by atoms with Crippen LogP contribution < -0.4 is 0 Å². The van der Waals surface area contributed by atoms with Gasteiger partial charge in [0, 0.05) is 0 Å². The highest BCUT2D eigenvalue weighted by molar-refractivity contribution is 14.1. The molecule has 0 N–H and O–H groups in total. The molecule has 4 atom stereocenters. The van der Waals surface area contributed by atoms with E-state index in [0.717, 1.165) is 12.8 Å². The summed E-state index contributed by atoms with van der Waals surface area (Å²) in [5.41, 5.74) is 0. The van der Waals surface area contributed by atoms with Crippen molar-refractivity contribution < 1.29 is 13.2 Å². The molecular weight excluding hydrogens is 351 g/mol. The fraction of sp³-hybridized carbons (Fsp3) is 1.00. The second-order valence-corrected chi connectivity index (χ2v) is 9.56. The maximum absolute atomic E-state index is 11.5. The molecule has 1 saturated heterocycles. The number of alkyl halides is 1. The molecule has 0 spiro atoms. The van der Waals surface area contributed by atoms with E-state index < -0.39 is 9.84 Å². The van der Waals surface area contributed by atoms with Crippen LogP contribution in [0.5, 0.6) is 0 Å². The van der Waals surface area contributed by atoms with E-state index in [2.05, 4.69) is 36.4 Å². The number of hydrogen-bond donors (Lipinski definition) is 0. The van der Waals surface area contributed by atoms with Crippen molar-refractivity contribution in [2.45, 2.75) is 49.2 Å². The Kier molecular flexibility index (Phi) is 4.41. The molecule has 0 aromatic heterocycles. The highest BCUT2D eigenvalue weighted by atomic mass is 127. The fourth-order valence-electron chi connectivity index (χ4n) is 3.13. The minimum absolute atomic E-state index is 0.0805. The second-order valence-electron chi connectivity index (χ2n) is 5.81. The highest BCUT2D eigenvalue weighted by Crippen LogP contribution is 2.33. The topological polar surface area (TPSA) is 43.4 Å². The van der Waals surface area contributed by atoms with Gasteiger partial charge < -0.3 is 4.74 Å². The Morgan fingerprint density at radius 3 is 2.12 bits per heavy atom. The summed E-state index contributed by atoms with van der Waals surface area (Å²) < 4.78 is 29.3. The average Bonchev–Trinajstić information content (AvgIpc) is 2.37. The molecular formula is C12H21IO3S. The van der Waals surface area contributed by atoms with Crippen molar-refractivity contribution >= 4 is 32.4 Å². The van der Waals surface area contributed by atoms with E-state index in [1.165, 1.54) is 6.42 Å². The van der Waals surface area contributed by atoms with E-state index in [4.69, 9.17) is 4.74 Å². The van der Waals surface area contributed by atoms with Crippen molar-refractivity contribution in [3.8, 4) is 0 Å². The summed E-state index contributed by atoms with van der Waals surface area (Å²) in [6, 6.07) is 0. The molecule has 0 bridgehead atoms. The first kappa shape index (κ1) is 14.1. The third-order valence-electron chi connectivity index (χ3n) is 3.74. The minimum atomic E-state index is -2.85. The van der Waals surface area contributed by atoms with Gasteiger partial charge in [-0.3, -0.25) is 0 Å². The third kappa shape index (κ3) is 3.80. The van der Waals surface area contributed by atoms with Gasteiger partial charge in [0.15, 0.2) is 9.84 Å². The molecule has 0 aromatic carbocycles. The Balaban J connectivity index is 1.93. The lowest BCUT2D eigenvalue weighted by Crippen LogP contribution is -2.33. The summed E-state index contributed by atoms with van der Waals surface area (Å²) >= 11 is 2.22. The van der Waals surface area contributed by atoms with E-state index >= 15 is 0 Å². The van der Waals surface area contributed by atoms with Crippen LogP contribution in [0.1, 0.15) is 33.1 Å². The van der Waals surface area contributed by atoms with Crippen LogP contribution in [0.25, 0.3) is 0 Å². The molecule has 17 heavy (non-hydrogen) atoms. The third-order valence-corrected chi connectivity index (χ3v) is 7.28. The SMILES string of the molecule is CC1CC(C)CC(OC2CS(=O)(=O)CC2I)C1. The molecule has 0 aromatic rings.